The Balaban J connectivity index is 2.01. The van der Waals surface area contributed by atoms with Crippen LogP contribution in [-0.4, -0.2) is 36.3 Å². The highest BCUT2D eigenvalue weighted by molar-refractivity contribution is 7.99. The number of carboxylic acid groups (broad SMARTS) is 1. The highest BCUT2D eigenvalue weighted by Crippen LogP contribution is 2.24. The summed E-state index contributed by atoms with van der Waals surface area (Å²) in [6, 6.07) is 3.69. The molecular weight excluding hydrogens is 296 g/mol. The third-order valence-electron chi connectivity index (χ3n) is 2.59. The van der Waals surface area contributed by atoms with Crippen molar-refractivity contribution in [2.75, 3.05) is 5.75 Å². The lowest BCUT2D eigenvalue weighted by Gasteiger charge is -2.05. The molecule has 0 spiro atoms. The van der Waals surface area contributed by atoms with Crippen LogP contribution in [0.15, 0.2) is 35.2 Å². The monoisotopic (exact) mass is 306 g/mol. The third kappa shape index (κ3) is 2.66. The molecule has 0 saturated carbocycles. The average molecular weight is 306 g/mol. The summed E-state index contributed by atoms with van der Waals surface area (Å²) < 4.78 is 1.93. The van der Waals surface area contributed by atoms with Gasteiger partial charge in [-0.2, -0.15) is 0 Å². The zero-order valence-electron chi connectivity index (χ0n) is 10.3. The number of imidazole rings is 1. The van der Waals surface area contributed by atoms with Crippen molar-refractivity contribution in [1.82, 2.24) is 19.5 Å². The number of nitrogens with zero attached hydrogens (tertiary/aromatic N) is 4. The number of rotatable bonds is 5. The lowest BCUT2D eigenvalue weighted by atomic mass is 10.4. The maximum absolute atomic E-state index is 10.7. The molecule has 0 aliphatic rings. The normalized spacial score (nSPS) is 11.0. The number of aliphatic carboxylic acids is 1. The van der Waals surface area contributed by atoms with E-state index in [4.69, 9.17) is 5.11 Å². The minimum atomic E-state index is -0.862. The van der Waals surface area contributed by atoms with Gasteiger partial charge in [-0.05, 0) is 12.1 Å². The molecule has 1 N–H and O–H groups in total. The van der Waals surface area contributed by atoms with E-state index >= 15 is 0 Å². The molecule has 3 aromatic rings. The van der Waals surface area contributed by atoms with Crippen LogP contribution in [-0.2, 0) is 11.3 Å². The van der Waals surface area contributed by atoms with Gasteiger partial charge in [-0.25, -0.2) is 9.97 Å². The number of hydrogen-bond acceptors (Lipinski definition) is 6. The molecule has 0 aromatic carbocycles. The molecule has 6 nitrogen and oxygen atoms in total. The number of thiazole rings is 1. The number of hydrogen-bond donors (Lipinski definition) is 1. The number of aromatic nitrogens is 4. The number of carbonyl (C=O) groups is 1. The van der Waals surface area contributed by atoms with Gasteiger partial charge in [0.2, 0.25) is 0 Å². The Morgan fingerprint density at radius 1 is 1.50 bits per heavy atom. The van der Waals surface area contributed by atoms with E-state index in [9.17, 15) is 4.79 Å². The highest BCUT2D eigenvalue weighted by atomic mass is 32.2. The molecule has 0 amide bonds. The molecule has 0 saturated heterocycles. The Morgan fingerprint density at radius 2 is 2.40 bits per heavy atom. The minimum absolute atomic E-state index is 0.0218. The van der Waals surface area contributed by atoms with Crippen LogP contribution < -0.4 is 0 Å². The second kappa shape index (κ2) is 5.59. The van der Waals surface area contributed by atoms with Crippen LogP contribution in [0.4, 0.5) is 0 Å². The van der Waals surface area contributed by atoms with Gasteiger partial charge < -0.3 is 5.11 Å². The van der Waals surface area contributed by atoms with Gasteiger partial charge in [-0.15, -0.1) is 11.3 Å². The Kier molecular flexibility index (Phi) is 3.66. The molecule has 8 heteroatoms. The van der Waals surface area contributed by atoms with E-state index in [1.54, 1.807) is 29.2 Å². The predicted molar refractivity (Wildman–Crippen MR) is 77.1 cm³/mol. The molecule has 0 bridgehead atoms. The number of pyridine rings is 1. The molecule has 0 atom stereocenters. The molecule has 20 heavy (non-hydrogen) atoms. The van der Waals surface area contributed by atoms with E-state index in [0.717, 1.165) is 16.0 Å². The molecule has 3 aromatic heterocycles. The van der Waals surface area contributed by atoms with Crippen molar-refractivity contribution in [3.05, 3.63) is 34.9 Å². The van der Waals surface area contributed by atoms with Crippen molar-refractivity contribution in [3.8, 4) is 0 Å². The van der Waals surface area contributed by atoms with Gasteiger partial charge >= 0.3 is 5.97 Å². The topological polar surface area (TPSA) is 80.9 Å². The lowest BCUT2D eigenvalue weighted by Crippen LogP contribution is -2.04. The molecule has 0 radical (unpaired) electrons. The predicted octanol–water partition coefficient (Wildman–Crippen LogP) is 2.11. The maximum Gasteiger partial charge on any atom is 0.313 e. The number of carboxylic acids is 1. The third-order valence-corrected chi connectivity index (χ3v) is 4.32. The maximum atomic E-state index is 10.7. The largest absolute Gasteiger partial charge is 0.481 e. The van der Waals surface area contributed by atoms with Crippen molar-refractivity contribution in [1.29, 1.82) is 0 Å². The number of fused-ring (bicyclic) bond motifs is 1. The minimum Gasteiger partial charge on any atom is -0.481 e. The fourth-order valence-electron chi connectivity index (χ4n) is 1.79. The zero-order valence-corrected chi connectivity index (χ0v) is 11.9. The van der Waals surface area contributed by atoms with Crippen LogP contribution in [0.2, 0.25) is 0 Å². The average Bonchev–Trinajstić information content (AvgIpc) is 3.05. The second-order valence-corrected chi connectivity index (χ2v) is 5.89. The Labute approximate surface area is 122 Å². The first-order valence-electron chi connectivity index (χ1n) is 5.77. The van der Waals surface area contributed by atoms with Crippen LogP contribution in [0.5, 0.6) is 0 Å². The zero-order chi connectivity index (χ0) is 13.9. The van der Waals surface area contributed by atoms with Crippen LogP contribution in [0, 0.1) is 0 Å². The summed E-state index contributed by atoms with van der Waals surface area (Å²) in [6.45, 7) is 0.597. The van der Waals surface area contributed by atoms with Crippen molar-refractivity contribution in [2.24, 2.45) is 0 Å². The molecule has 0 fully saturated rings. The van der Waals surface area contributed by atoms with E-state index < -0.39 is 5.97 Å². The first-order valence-corrected chi connectivity index (χ1v) is 7.64. The Morgan fingerprint density at radius 3 is 3.15 bits per heavy atom. The van der Waals surface area contributed by atoms with Gasteiger partial charge in [0.15, 0.2) is 10.8 Å². The number of thioether (sulfide) groups is 1. The van der Waals surface area contributed by atoms with Gasteiger partial charge in [-0.3, -0.25) is 14.3 Å². The first kappa shape index (κ1) is 13.1. The highest BCUT2D eigenvalue weighted by Gasteiger charge is 2.14. The van der Waals surface area contributed by atoms with Crippen molar-refractivity contribution in [2.45, 2.75) is 11.7 Å². The SMILES string of the molecule is O=C(O)CSc1nc2cccnc2n1Cc1cncs1. The molecule has 102 valence electrons. The summed E-state index contributed by atoms with van der Waals surface area (Å²) in [6.07, 6.45) is 3.50. The summed E-state index contributed by atoms with van der Waals surface area (Å²) >= 11 is 2.75. The summed E-state index contributed by atoms with van der Waals surface area (Å²) in [5.74, 6) is -0.884. The summed E-state index contributed by atoms with van der Waals surface area (Å²) in [5.41, 5.74) is 3.30. The molecule has 3 rings (SSSR count). The summed E-state index contributed by atoms with van der Waals surface area (Å²) in [7, 11) is 0. The van der Waals surface area contributed by atoms with Gasteiger partial charge in [0, 0.05) is 17.3 Å². The lowest BCUT2D eigenvalue weighted by molar-refractivity contribution is -0.133. The molecule has 0 unspecified atom stereocenters. The molecule has 0 aliphatic carbocycles. The van der Waals surface area contributed by atoms with Crippen molar-refractivity contribution >= 4 is 40.2 Å². The van der Waals surface area contributed by atoms with Gasteiger partial charge in [0.1, 0.15) is 5.52 Å². The van der Waals surface area contributed by atoms with Crippen LogP contribution in [0.3, 0.4) is 0 Å². The van der Waals surface area contributed by atoms with Crippen LogP contribution >= 0.6 is 23.1 Å². The Hall–Kier alpha value is -1.93. The van der Waals surface area contributed by atoms with E-state index in [0.29, 0.717) is 11.7 Å². The van der Waals surface area contributed by atoms with Crippen LogP contribution in [0.1, 0.15) is 4.88 Å². The van der Waals surface area contributed by atoms with Gasteiger partial charge in [0.05, 0.1) is 17.8 Å². The second-order valence-electron chi connectivity index (χ2n) is 3.98. The van der Waals surface area contributed by atoms with E-state index in [1.807, 2.05) is 16.7 Å². The quantitative estimate of drug-likeness (QED) is 0.727. The Bertz CT molecular complexity index is 739. The van der Waals surface area contributed by atoms with Crippen molar-refractivity contribution < 1.29 is 9.90 Å². The van der Waals surface area contributed by atoms with E-state index in [1.165, 1.54) is 11.8 Å². The molecule has 3 heterocycles. The molecular formula is C12H10N4O2S2. The van der Waals surface area contributed by atoms with E-state index in [2.05, 4.69) is 15.0 Å². The summed E-state index contributed by atoms with van der Waals surface area (Å²) in [5, 5.41) is 9.48. The van der Waals surface area contributed by atoms with Crippen molar-refractivity contribution in [3.63, 3.8) is 0 Å². The smallest absolute Gasteiger partial charge is 0.313 e. The fourth-order valence-corrected chi connectivity index (χ4v) is 3.10. The molecule has 0 aliphatic heterocycles. The standard InChI is InChI=1S/C12H10N4O2S2/c17-10(18)6-19-12-15-9-2-1-3-14-11(9)16(12)5-8-4-13-7-20-8/h1-4,7H,5-6H2,(H,17,18). The van der Waals surface area contributed by atoms with Gasteiger partial charge in [-0.1, -0.05) is 11.8 Å². The van der Waals surface area contributed by atoms with Gasteiger partial charge in [0.25, 0.3) is 0 Å². The fraction of sp³-hybridized carbons (Fsp3) is 0.167. The summed E-state index contributed by atoms with van der Waals surface area (Å²) in [4.78, 5) is 24.6. The van der Waals surface area contributed by atoms with Crippen LogP contribution in [0.25, 0.3) is 11.2 Å². The van der Waals surface area contributed by atoms with E-state index in [-0.39, 0.29) is 5.75 Å². The first-order chi connectivity index (χ1) is 9.74.